The molecule has 3 amide bonds. The van der Waals surface area contributed by atoms with Gasteiger partial charge in [0.2, 0.25) is 11.8 Å². The Morgan fingerprint density at radius 1 is 1.04 bits per heavy atom. The van der Waals surface area contributed by atoms with Gasteiger partial charge in [0.1, 0.15) is 0 Å². The van der Waals surface area contributed by atoms with Gasteiger partial charge in [-0.15, -0.1) is 0 Å². The Morgan fingerprint density at radius 3 is 2.30 bits per heavy atom. The number of hydrogen-bond acceptors (Lipinski definition) is 4. The van der Waals surface area contributed by atoms with Gasteiger partial charge in [0.25, 0.3) is 5.91 Å². The van der Waals surface area contributed by atoms with E-state index in [0.717, 1.165) is 16.3 Å². The number of imide groups is 1. The molecule has 0 aliphatic carbocycles. The monoisotopic (exact) mass is 309 g/mol. The molecule has 1 aromatic carbocycles. The van der Waals surface area contributed by atoms with Crippen molar-refractivity contribution in [2.45, 2.75) is 19.8 Å². The number of hydrazine groups is 1. The molecule has 0 radical (unpaired) electrons. The topological polar surface area (TPSA) is 79.4 Å². The lowest BCUT2D eigenvalue weighted by Crippen LogP contribution is -2.45. The van der Waals surface area contributed by atoms with Crippen molar-refractivity contribution in [3.63, 3.8) is 0 Å². The Labute approximate surface area is 133 Å². The summed E-state index contributed by atoms with van der Waals surface area (Å²) in [6.07, 6.45) is 0.257. The van der Waals surface area contributed by atoms with E-state index < -0.39 is 17.7 Å². The number of hydrogen-bond donors (Lipinski definition) is 1. The maximum atomic E-state index is 12.3. The van der Waals surface area contributed by atoms with Gasteiger partial charge in [-0.3, -0.25) is 24.8 Å². The van der Waals surface area contributed by atoms with E-state index in [4.69, 9.17) is 0 Å². The van der Waals surface area contributed by atoms with Gasteiger partial charge in [0, 0.05) is 18.4 Å². The summed E-state index contributed by atoms with van der Waals surface area (Å²) in [6, 6.07) is 13.0. The van der Waals surface area contributed by atoms with Gasteiger partial charge in [-0.1, -0.05) is 30.3 Å². The smallest absolute Gasteiger partial charge is 0.272 e. The van der Waals surface area contributed by atoms with Gasteiger partial charge in [0.05, 0.1) is 17.0 Å². The average molecular weight is 309 g/mol. The van der Waals surface area contributed by atoms with Gasteiger partial charge in [0.15, 0.2) is 0 Å². The van der Waals surface area contributed by atoms with Crippen molar-refractivity contribution in [2.75, 3.05) is 0 Å². The second-order valence-electron chi connectivity index (χ2n) is 5.26. The number of pyridine rings is 1. The molecule has 6 nitrogen and oxygen atoms in total. The molecule has 6 heteroatoms. The third kappa shape index (κ3) is 2.96. The lowest BCUT2D eigenvalue weighted by atomic mass is 10.1. The fourth-order valence-electron chi connectivity index (χ4n) is 2.43. The lowest BCUT2D eigenvalue weighted by molar-refractivity contribution is -0.141. The second-order valence-corrected chi connectivity index (χ2v) is 5.26. The molecule has 0 unspecified atom stereocenters. The third-order valence-corrected chi connectivity index (χ3v) is 3.66. The number of benzene rings is 1. The van der Waals surface area contributed by atoms with Gasteiger partial charge in [-0.05, 0) is 19.1 Å². The Kier molecular flexibility index (Phi) is 3.89. The van der Waals surface area contributed by atoms with Crippen LogP contribution in [0, 0.1) is 6.92 Å². The normalized spacial score (nSPS) is 14.2. The van der Waals surface area contributed by atoms with Crippen LogP contribution < -0.4 is 5.43 Å². The summed E-state index contributed by atoms with van der Waals surface area (Å²) < 4.78 is 0. The van der Waals surface area contributed by atoms with Gasteiger partial charge in [-0.2, -0.15) is 5.01 Å². The first-order valence-corrected chi connectivity index (χ1v) is 7.26. The van der Waals surface area contributed by atoms with Crippen LogP contribution in [0.3, 0.4) is 0 Å². The van der Waals surface area contributed by atoms with E-state index in [9.17, 15) is 14.4 Å². The zero-order valence-corrected chi connectivity index (χ0v) is 12.6. The lowest BCUT2D eigenvalue weighted by Gasteiger charge is -2.15. The fourth-order valence-corrected chi connectivity index (χ4v) is 2.43. The molecule has 1 aliphatic rings. The van der Waals surface area contributed by atoms with Crippen molar-refractivity contribution in [2.24, 2.45) is 0 Å². The van der Waals surface area contributed by atoms with Crippen LogP contribution >= 0.6 is 0 Å². The number of carbonyl (C=O) groups excluding carboxylic acids is 3. The number of carbonyl (C=O) groups is 3. The number of nitrogens with one attached hydrogen (secondary N) is 1. The Hall–Kier alpha value is -3.02. The zero-order valence-electron chi connectivity index (χ0n) is 12.6. The first-order valence-electron chi connectivity index (χ1n) is 7.26. The molecule has 1 aliphatic heterocycles. The van der Waals surface area contributed by atoms with Crippen molar-refractivity contribution >= 4 is 17.7 Å². The molecule has 3 rings (SSSR count). The van der Waals surface area contributed by atoms with Crippen LogP contribution in [-0.4, -0.2) is 27.7 Å². The highest BCUT2D eigenvalue weighted by Gasteiger charge is 2.31. The average Bonchev–Trinajstić information content (AvgIpc) is 2.87. The molecule has 0 saturated carbocycles. The van der Waals surface area contributed by atoms with Gasteiger partial charge >= 0.3 is 0 Å². The predicted molar refractivity (Wildman–Crippen MR) is 83.0 cm³/mol. The Bertz CT molecular complexity index is 771. The number of rotatable bonds is 3. The van der Waals surface area contributed by atoms with Gasteiger partial charge < -0.3 is 0 Å². The SMILES string of the molecule is Cc1nc(-c2ccccc2)ccc1C(=O)NN1C(=O)CCC1=O. The molecule has 2 aromatic rings. The molecule has 0 atom stereocenters. The summed E-state index contributed by atoms with van der Waals surface area (Å²) in [5, 5.41) is 0.785. The van der Waals surface area contributed by atoms with Crippen LogP contribution in [0.1, 0.15) is 28.9 Å². The second kappa shape index (κ2) is 6.00. The van der Waals surface area contributed by atoms with Crippen molar-refractivity contribution in [1.82, 2.24) is 15.4 Å². The number of aromatic nitrogens is 1. The maximum absolute atomic E-state index is 12.3. The molecule has 2 heterocycles. The van der Waals surface area contributed by atoms with E-state index in [1.54, 1.807) is 19.1 Å². The van der Waals surface area contributed by atoms with E-state index in [-0.39, 0.29) is 12.8 Å². The minimum absolute atomic E-state index is 0.128. The molecule has 1 fully saturated rings. The number of amides is 3. The quantitative estimate of drug-likeness (QED) is 0.878. The van der Waals surface area contributed by atoms with E-state index in [2.05, 4.69) is 10.4 Å². The highest BCUT2D eigenvalue weighted by molar-refractivity contribution is 6.05. The third-order valence-electron chi connectivity index (χ3n) is 3.66. The standard InChI is InChI=1S/C17H15N3O3/c1-11-13(17(23)19-20-15(21)9-10-16(20)22)7-8-14(18-11)12-5-3-2-4-6-12/h2-8H,9-10H2,1H3,(H,19,23). The fraction of sp³-hybridized carbons (Fsp3) is 0.176. The summed E-state index contributed by atoms with van der Waals surface area (Å²) >= 11 is 0. The Balaban J connectivity index is 1.82. The molecule has 23 heavy (non-hydrogen) atoms. The van der Waals surface area contributed by atoms with Crippen LogP contribution in [0.2, 0.25) is 0 Å². The highest BCUT2D eigenvalue weighted by atomic mass is 16.2. The van der Waals surface area contributed by atoms with E-state index in [0.29, 0.717) is 11.3 Å². The van der Waals surface area contributed by atoms with Crippen molar-refractivity contribution in [3.05, 3.63) is 53.7 Å². The number of nitrogens with zero attached hydrogens (tertiary/aromatic N) is 2. The largest absolute Gasteiger partial charge is 0.273 e. The van der Waals surface area contributed by atoms with E-state index in [1.807, 2.05) is 30.3 Å². The summed E-state index contributed by atoms with van der Waals surface area (Å²) in [5.74, 6) is -1.30. The molecule has 1 saturated heterocycles. The first kappa shape index (κ1) is 14.9. The molecular weight excluding hydrogens is 294 g/mol. The van der Waals surface area contributed by atoms with Gasteiger partial charge in [-0.25, -0.2) is 0 Å². The summed E-state index contributed by atoms with van der Waals surface area (Å²) in [7, 11) is 0. The summed E-state index contributed by atoms with van der Waals surface area (Å²) in [6.45, 7) is 1.72. The first-order chi connectivity index (χ1) is 11.1. The van der Waals surface area contributed by atoms with E-state index >= 15 is 0 Å². The summed E-state index contributed by atoms with van der Waals surface area (Å²) in [4.78, 5) is 39.8. The van der Waals surface area contributed by atoms with Crippen LogP contribution in [0.15, 0.2) is 42.5 Å². The van der Waals surface area contributed by atoms with Crippen molar-refractivity contribution < 1.29 is 14.4 Å². The molecule has 1 N–H and O–H groups in total. The zero-order chi connectivity index (χ0) is 16.4. The molecular formula is C17H15N3O3. The molecule has 1 aromatic heterocycles. The predicted octanol–water partition coefficient (Wildman–Crippen LogP) is 1.85. The molecule has 116 valence electrons. The molecule has 0 spiro atoms. The van der Waals surface area contributed by atoms with Crippen LogP contribution in [0.4, 0.5) is 0 Å². The minimum Gasteiger partial charge on any atom is -0.273 e. The minimum atomic E-state index is -0.516. The Morgan fingerprint density at radius 2 is 1.70 bits per heavy atom. The van der Waals surface area contributed by atoms with Crippen LogP contribution in [-0.2, 0) is 9.59 Å². The maximum Gasteiger partial charge on any atom is 0.272 e. The highest BCUT2D eigenvalue weighted by Crippen LogP contribution is 2.19. The van der Waals surface area contributed by atoms with Crippen molar-refractivity contribution in [1.29, 1.82) is 0 Å². The summed E-state index contributed by atoms with van der Waals surface area (Å²) in [5.41, 5.74) is 4.92. The van der Waals surface area contributed by atoms with Crippen molar-refractivity contribution in [3.8, 4) is 11.3 Å². The molecule has 0 bridgehead atoms. The van der Waals surface area contributed by atoms with Crippen LogP contribution in [0.25, 0.3) is 11.3 Å². The van der Waals surface area contributed by atoms with Crippen LogP contribution in [0.5, 0.6) is 0 Å². The van der Waals surface area contributed by atoms with E-state index in [1.165, 1.54) is 0 Å². The number of aryl methyl sites for hydroxylation is 1.